The minimum atomic E-state index is -0.282. The van der Waals surface area contributed by atoms with E-state index in [1.807, 2.05) is 26.0 Å². The molecule has 0 bridgehead atoms. The molecule has 0 saturated carbocycles. The van der Waals surface area contributed by atoms with Gasteiger partial charge in [0.2, 0.25) is 0 Å². The van der Waals surface area contributed by atoms with E-state index in [-0.39, 0.29) is 24.5 Å². The first kappa shape index (κ1) is 18.3. The molecule has 0 unspecified atom stereocenters. The molecular weight excluding hydrogens is 334 g/mol. The van der Waals surface area contributed by atoms with Crippen LogP contribution in [-0.4, -0.2) is 48.1 Å². The zero-order valence-electron chi connectivity index (χ0n) is 15.5. The summed E-state index contributed by atoms with van der Waals surface area (Å²) >= 11 is 0. The summed E-state index contributed by atoms with van der Waals surface area (Å²) in [5, 5.41) is 19.7. The molecule has 140 valence electrons. The van der Waals surface area contributed by atoms with Crippen molar-refractivity contribution >= 4 is 5.91 Å². The molecule has 0 aliphatic heterocycles. The number of carbonyl (C=O) groups excluding carboxylic acids is 1. The number of rotatable bonds is 7. The molecule has 7 heteroatoms. The van der Waals surface area contributed by atoms with Crippen LogP contribution < -0.4 is 14.8 Å². The summed E-state index contributed by atoms with van der Waals surface area (Å²) in [5.74, 6) is 1.23. The Labute approximate surface area is 152 Å². The normalized spacial score (nSPS) is 14.3. The number of aliphatic hydroxyl groups excluding tert-OH is 1. The van der Waals surface area contributed by atoms with Crippen LogP contribution in [0.2, 0.25) is 0 Å². The van der Waals surface area contributed by atoms with Gasteiger partial charge in [-0.05, 0) is 23.6 Å². The number of carbonyl (C=O) groups is 1. The fraction of sp³-hybridized carbons (Fsp3) is 0.474. The largest absolute Gasteiger partial charge is 0.493 e. The van der Waals surface area contributed by atoms with Crippen LogP contribution in [0.1, 0.15) is 41.9 Å². The van der Waals surface area contributed by atoms with Gasteiger partial charge in [-0.15, -0.1) is 0 Å². The molecule has 2 aromatic rings. The smallest absolute Gasteiger partial charge is 0.269 e. The summed E-state index contributed by atoms with van der Waals surface area (Å²) in [4.78, 5) is 12.7. The van der Waals surface area contributed by atoms with Crippen LogP contribution in [0.3, 0.4) is 0 Å². The highest BCUT2D eigenvalue weighted by atomic mass is 16.5. The maximum atomic E-state index is 12.7. The molecule has 1 aliphatic rings. The van der Waals surface area contributed by atoms with Crippen molar-refractivity contribution in [1.82, 2.24) is 15.5 Å². The Kier molecular flexibility index (Phi) is 5.18. The van der Waals surface area contributed by atoms with Crippen LogP contribution in [0.5, 0.6) is 11.5 Å². The number of hydrogen-bond donors (Lipinski definition) is 3. The van der Waals surface area contributed by atoms with Gasteiger partial charge in [0, 0.05) is 17.5 Å². The number of nitrogens with zero attached hydrogens (tertiary/aromatic N) is 1. The van der Waals surface area contributed by atoms with E-state index in [1.54, 1.807) is 14.2 Å². The monoisotopic (exact) mass is 359 g/mol. The molecule has 1 heterocycles. The van der Waals surface area contributed by atoms with E-state index >= 15 is 0 Å². The number of ether oxygens (including phenoxy) is 2. The fourth-order valence-electron chi connectivity index (χ4n) is 3.32. The molecule has 0 spiro atoms. The Morgan fingerprint density at radius 3 is 2.65 bits per heavy atom. The van der Waals surface area contributed by atoms with Crippen molar-refractivity contribution in [3.8, 4) is 22.8 Å². The van der Waals surface area contributed by atoms with E-state index in [0.717, 1.165) is 28.8 Å². The number of benzene rings is 1. The number of nitrogens with one attached hydrogen (secondary N) is 2. The molecule has 0 fully saturated rings. The standard InChI is InChI=1S/C19H25N3O4/c1-5-10(2)14(9-23)20-19(24)18-13-6-11-7-15(25-3)16(26-4)8-12(11)17(13)21-22-18/h7-8,10,14,23H,5-6,9H2,1-4H3,(H,20,24)(H,21,22)/t10-,14-/m0/s1. The summed E-state index contributed by atoms with van der Waals surface area (Å²) in [5.41, 5.74) is 4.04. The van der Waals surface area contributed by atoms with E-state index in [9.17, 15) is 9.90 Å². The molecule has 1 aromatic carbocycles. The lowest BCUT2D eigenvalue weighted by atomic mass is 9.99. The maximum absolute atomic E-state index is 12.7. The summed E-state index contributed by atoms with van der Waals surface area (Å²) in [7, 11) is 3.19. The van der Waals surface area contributed by atoms with Gasteiger partial charge in [0.1, 0.15) is 5.69 Å². The maximum Gasteiger partial charge on any atom is 0.269 e. The summed E-state index contributed by atoms with van der Waals surface area (Å²) in [6, 6.07) is 3.53. The lowest BCUT2D eigenvalue weighted by molar-refractivity contribution is 0.0885. The highest BCUT2D eigenvalue weighted by Crippen LogP contribution is 2.42. The summed E-state index contributed by atoms with van der Waals surface area (Å²) < 4.78 is 10.7. The predicted octanol–water partition coefficient (Wildman–Crippen LogP) is 2.13. The van der Waals surface area contributed by atoms with Crippen molar-refractivity contribution in [1.29, 1.82) is 0 Å². The van der Waals surface area contributed by atoms with Crippen LogP contribution in [0.15, 0.2) is 12.1 Å². The van der Waals surface area contributed by atoms with Crippen molar-refractivity contribution < 1.29 is 19.4 Å². The van der Waals surface area contributed by atoms with Crippen molar-refractivity contribution in [2.75, 3.05) is 20.8 Å². The van der Waals surface area contributed by atoms with Crippen LogP contribution in [0, 0.1) is 5.92 Å². The van der Waals surface area contributed by atoms with E-state index in [1.165, 1.54) is 0 Å². The minimum absolute atomic E-state index is 0.0916. The zero-order valence-corrected chi connectivity index (χ0v) is 15.5. The summed E-state index contributed by atoms with van der Waals surface area (Å²) in [6.45, 7) is 3.95. The number of amides is 1. The van der Waals surface area contributed by atoms with Crippen LogP contribution in [0.25, 0.3) is 11.3 Å². The van der Waals surface area contributed by atoms with Crippen LogP contribution in [0.4, 0.5) is 0 Å². The number of fused-ring (bicyclic) bond motifs is 3. The van der Waals surface area contributed by atoms with E-state index in [0.29, 0.717) is 23.6 Å². The molecule has 2 atom stereocenters. The highest BCUT2D eigenvalue weighted by molar-refractivity contribution is 5.97. The average Bonchev–Trinajstić information content (AvgIpc) is 3.22. The quantitative estimate of drug-likeness (QED) is 0.600. The molecule has 7 nitrogen and oxygen atoms in total. The number of H-pyrrole nitrogens is 1. The Balaban J connectivity index is 1.89. The fourth-order valence-corrected chi connectivity index (χ4v) is 3.32. The molecular formula is C19H25N3O4. The second kappa shape index (κ2) is 7.37. The molecule has 3 N–H and O–H groups in total. The number of aromatic nitrogens is 2. The van der Waals surface area contributed by atoms with E-state index < -0.39 is 0 Å². The van der Waals surface area contributed by atoms with E-state index in [4.69, 9.17) is 9.47 Å². The zero-order chi connectivity index (χ0) is 18.8. The van der Waals surface area contributed by atoms with Gasteiger partial charge in [0.15, 0.2) is 11.5 Å². The van der Waals surface area contributed by atoms with Gasteiger partial charge < -0.3 is 19.9 Å². The van der Waals surface area contributed by atoms with Crippen LogP contribution >= 0.6 is 0 Å². The van der Waals surface area contributed by atoms with E-state index in [2.05, 4.69) is 15.5 Å². The average molecular weight is 359 g/mol. The predicted molar refractivity (Wildman–Crippen MR) is 97.7 cm³/mol. The van der Waals surface area contributed by atoms with Gasteiger partial charge in [-0.1, -0.05) is 20.3 Å². The number of aliphatic hydroxyl groups is 1. The lowest BCUT2D eigenvalue weighted by Crippen LogP contribution is -2.42. The molecule has 1 amide bonds. The van der Waals surface area contributed by atoms with Crippen LogP contribution in [-0.2, 0) is 6.42 Å². The third kappa shape index (κ3) is 3.03. The van der Waals surface area contributed by atoms with Gasteiger partial charge in [-0.3, -0.25) is 9.89 Å². The lowest BCUT2D eigenvalue weighted by Gasteiger charge is -2.21. The molecule has 0 radical (unpaired) electrons. The molecule has 26 heavy (non-hydrogen) atoms. The Bertz CT molecular complexity index is 815. The third-order valence-electron chi connectivity index (χ3n) is 5.17. The van der Waals surface area contributed by atoms with Gasteiger partial charge in [0.25, 0.3) is 5.91 Å². The molecule has 3 rings (SSSR count). The second-order valence-corrected chi connectivity index (χ2v) is 6.61. The summed E-state index contributed by atoms with van der Waals surface area (Å²) in [6.07, 6.45) is 1.47. The van der Waals surface area contributed by atoms with Gasteiger partial charge in [0.05, 0.1) is 32.6 Å². The number of hydrogen-bond acceptors (Lipinski definition) is 5. The van der Waals surface area contributed by atoms with Gasteiger partial charge in [-0.2, -0.15) is 5.10 Å². The first-order valence-electron chi connectivity index (χ1n) is 8.78. The minimum Gasteiger partial charge on any atom is -0.493 e. The Hall–Kier alpha value is -2.54. The molecule has 1 aliphatic carbocycles. The van der Waals surface area contributed by atoms with Gasteiger partial charge >= 0.3 is 0 Å². The Morgan fingerprint density at radius 1 is 1.35 bits per heavy atom. The number of methoxy groups -OCH3 is 2. The highest BCUT2D eigenvalue weighted by Gasteiger charge is 2.30. The first-order chi connectivity index (χ1) is 12.5. The van der Waals surface area contributed by atoms with Crippen molar-refractivity contribution in [2.24, 2.45) is 5.92 Å². The Morgan fingerprint density at radius 2 is 2.04 bits per heavy atom. The second-order valence-electron chi connectivity index (χ2n) is 6.61. The SMILES string of the molecule is CC[C@H](C)[C@H](CO)NC(=O)c1[nH]nc2c1Cc1cc(OC)c(OC)cc1-2. The molecule has 0 saturated heterocycles. The van der Waals surface area contributed by atoms with Crippen molar-refractivity contribution in [3.05, 3.63) is 29.0 Å². The number of aromatic amines is 1. The van der Waals surface area contributed by atoms with Crippen molar-refractivity contribution in [2.45, 2.75) is 32.7 Å². The third-order valence-corrected chi connectivity index (χ3v) is 5.17. The van der Waals surface area contributed by atoms with Gasteiger partial charge in [-0.25, -0.2) is 0 Å². The topological polar surface area (TPSA) is 96.5 Å². The first-order valence-corrected chi connectivity index (χ1v) is 8.78. The molecule has 1 aromatic heterocycles. The van der Waals surface area contributed by atoms with Crippen molar-refractivity contribution in [3.63, 3.8) is 0 Å².